The smallest absolute Gasteiger partial charge is 0.321 e. The molecule has 5 rings (SSSR count). The third-order valence-electron chi connectivity index (χ3n) is 5.98. The van der Waals surface area contributed by atoms with E-state index in [-0.39, 0.29) is 6.03 Å². The maximum atomic E-state index is 12.6. The van der Waals surface area contributed by atoms with Crippen molar-refractivity contribution in [3.63, 3.8) is 0 Å². The summed E-state index contributed by atoms with van der Waals surface area (Å²) in [7, 11) is 0. The van der Waals surface area contributed by atoms with Gasteiger partial charge >= 0.3 is 6.03 Å². The predicted octanol–water partition coefficient (Wildman–Crippen LogP) is 4.36. The van der Waals surface area contributed by atoms with Gasteiger partial charge in [0, 0.05) is 49.0 Å². The number of carbonyl (C=O) groups is 1. The molecule has 0 radical (unpaired) electrons. The van der Waals surface area contributed by atoms with Crippen LogP contribution < -0.4 is 10.2 Å². The Balaban J connectivity index is 1.16. The average Bonchev–Trinajstić information content (AvgIpc) is 3.23. The van der Waals surface area contributed by atoms with Crippen LogP contribution in [0, 0.1) is 0 Å². The van der Waals surface area contributed by atoms with Crippen molar-refractivity contribution in [1.82, 2.24) is 15.0 Å². The molecule has 2 amide bonds. The van der Waals surface area contributed by atoms with Crippen molar-refractivity contribution in [2.75, 3.05) is 36.4 Å². The zero-order valence-electron chi connectivity index (χ0n) is 16.8. The van der Waals surface area contributed by atoms with Crippen LogP contribution in [0.25, 0.3) is 11.4 Å². The van der Waals surface area contributed by atoms with Crippen LogP contribution in [0.15, 0.2) is 59.1 Å². The number of amides is 2. The predicted molar refractivity (Wildman–Crippen MR) is 116 cm³/mol. The van der Waals surface area contributed by atoms with E-state index in [4.69, 9.17) is 4.52 Å². The number of nitrogens with zero attached hydrogens (tertiary/aromatic N) is 4. The molecule has 2 aromatic carbocycles. The Bertz CT molecular complexity index is 990. The third-order valence-corrected chi connectivity index (χ3v) is 5.98. The number of aromatic nitrogens is 2. The van der Waals surface area contributed by atoms with Crippen LogP contribution in [0.5, 0.6) is 0 Å². The molecule has 2 fully saturated rings. The van der Waals surface area contributed by atoms with E-state index in [9.17, 15) is 4.79 Å². The van der Waals surface area contributed by atoms with Gasteiger partial charge in [-0.1, -0.05) is 29.8 Å². The number of benzene rings is 2. The monoisotopic (exact) mass is 403 g/mol. The number of piperazine rings is 1. The summed E-state index contributed by atoms with van der Waals surface area (Å²) in [5, 5.41) is 7.09. The fraction of sp³-hybridized carbons (Fsp3) is 0.348. The topological polar surface area (TPSA) is 74.5 Å². The van der Waals surface area contributed by atoms with Gasteiger partial charge in [-0.25, -0.2) is 4.79 Å². The minimum absolute atomic E-state index is 0.0673. The summed E-state index contributed by atoms with van der Waals surface area (Å²) < 4.78 is 5.40. The highest BCUT2D eigenvalue weighted by Crippen LogP contribution is 2.36. The largest absolute Gasteiger partial charge is 0.368 e. The molecule has 1 aromatic heterocycles. The van der Waals surface area contributed by atoms with Crippen LogP contribution in [-0.4, -0.2) is 47.3 Å². The lowest BCUT2D eigenvalue weighted by molar-refractivity contribution is 0.208. The third kappa shape index (κ3) is 3.87. The molecule has 1 N–H and O–H groups in total. The van der Waals surface area contributed by atoms with Crippen LogP contribution in [0.3, 0.4) is 0 Å². The summed E-state index contributed by atoms with van der Waals surface area (Å²) in [6, 6.07) is 17.8. The van der Waals surface area contributed by atoms with Gasteiger partial charge in [-0.15, -0.1) is 0 Å². The molecule has 3 aromatic rings. The van der Waals surface area contributed by atoms with Crippen LogP contribution in [0.4, 0.5) is 16.2 Å². The van der Waals surface area contributed by atoms with Crippen LogP contribution >= 0.6 is 0 Å². The standard InChI is InChI=1S/C23H25N5O2/c29-23(28-15-13-27(14-16-28)20-7-2-1-3-8-20)24-19-11-9-17(10-12-19)21-25-22(30-26-21)18-5-4-6-18/h1-3,7-12,18H,4-6,13-16H2,(H,24,29). The maximum absolute atomic E-state index is 12.6. The first-order valence-electron chi connectivity index (χ1n) is 10.6. The molecular weight excluding hydrogens is 378 g/mol. The SMILES string of the molecule is O=C(Nc1ccc(-c2noc(C3CCC3)n2)cc1)N1CCN(c2ccccc2)CC1. The number of para-hydroxylation sites is 1. The first kappa shape index (κ1) is 18.7. The fourth-order valence-corrected chi connectivity index (χ4v) is 3.89. The van der Waals surface area contributed by atoms with E-state index in [0.29, 0.717) is 24.8 Å². The van der Waals surface area contributed by atoms with E-state index in [1.807, 2.05) is 47.4 Å². The van der Waals surface area contributed by atoms with Gasteiger partial charge in [0.15, 0.2) is 0 Å². The quantitative estimate of drug-likeness (QED) is 0.701. The van der Waals surface area contributed by atoms with Gasteiger partial charge in [-0.2, -0.15) is 4.98 Å². The lowest BCUT2D eigenvalue weighted by Gasteiger charge is -2.36. The van der Waals surface area contributed by atoms with E-state index in [0.717, 1.165) is 43.1 Å². The normalized spacial score (nSPS) is 16.9. The molecule has 1 saturated carbocycles. The van der Waals surface area contributed by atoms with Crippen molar-refractivity contribution < 1.29 is 9.32 Å². The molecule has 7 heteroatoms. The molecule has 0 atom stereocenters. The zero-order valence-corrected chi connectivity index (χ0v) is 16.8. The number of carbonyl (C=O) groups excluding carboxylic acids is 1. The molecule has 0 unspecified atom stereocenters. The molecule has 1 aliphatic carbocycles. The van der Waals surface area contributed by atoms with Gasteiger partial charge in [0.1, 0.15) is 0 Å². The molecular formula is C23H25N5O2. The number of hydrogen-bond donors (Lipinski definition) is 1. The van der Waals surface area contributed by atoms with Crippen molar-refractivity contribution >= 4 is 17.4 Å². The maximum Gasteiger partial charge on any atom is 0.321 e. The van der Waals surface area contributed by atoms with Crippen molar-refractivity contribution in [3.8, 4) is 11.4 Å². The van der Waals surface area contributed by atoms with Crippen LogP contribution in [0.2, 0.25) is 0 Å². The van der Waals surface area contributed by atoms with Crippen molar-refractivity contribution in [3.05, 3.63) is 60.5 Å². The molecule has 30 heavy (non-hydrogen) atoms. The highest BCUT2D eigenvalue weighted by molar-refractivity contribution is 5.89. The summed E-state index contributed by atoms with van der Waals surface area (Å²) in [4.78, 5) is 21.3. The Kier molecular flexibility index (Phi) is 5.09. The second-order valence-electron chi connectivity index (χ2n) is 7.90. The highest BCUT2D eigenvalue weighted by atomic mass is 16.5. The van der Waals surface area contributed by atoms with Crippen LogP contribution in [-0.2, 0) is 0 Å². The minimum Gasteiger partial charge on any atom is -0.368 e. The van der Waals surface area contributed by atoms with E-state index in [1.54, 1.807) is 0 Å². The average molecular weight is 403 g/mol. The highest BCUT2D eigenvalue weighted by Gasteiger charge is 2.25. The molecule has 0 spiro atoms. The first-order valence-corrected chi connectivity index (χ1v) is 10.6. The Morgan fingerprint density at radius 3 is 2.37 bits per heavy atom. The lowest BCUT2D eigenvalue weighted by atomic mass is 9.85. The zero-order chi connectivity index (χ0) is 20.3. The van der Waals surface area contributed by atoms with Gasteiger partial charge in [0.2, 0.25) is 11.7 Å². The Labute approximate surface area is 175 Å². The molecule has 154 valence electrons. The van der Waals surface area contributed by atoms with E-state index in [1.165, 1.54) is 12.1 Å². The number of urea groups is 1. The molecule has 0 bridgehead atoms. The van der Waals surface area contributed by atoms with Crippen molar-refractivity contribution in [1.29, 1.82) is 0 Å². The van der Waals surface area contributed by atoms with Crippen LogP contribution in [0.1, 0.15) is 31.1 Å². The van der Waals surface area contributed by atoms with E-state index < -0.39 is 0 Å². The molecule has 1 saturated heterocycles. The Morgan fingerprint density at radius 2 is 1.70 bits per heavy atom. The molecule has 2 aliphatic rings. The second-order valence-corrected chi connectivity index (χ2v) is 7.90. The summed E-state index contributed by atoms with van der Waals surface area (Å²) in [6.45, 7) is 3.06. The number of nitrogens with one attached hydrogen (secondary N) is 1. The van der Waals surface area contributed by atoms with Gasteiger partial charge in [0.25, 0.3) is 0 Å². The van der Waals surface area contributed by atoms with Gasteiger partial charge < -0.3 is 19.6 Å². The molecule has 7 nitrogen and oxygen atoms in total. The fourth-order valence-electron chi connectivity index (χ4n) is 3.89. The summed E-state index contributed by atoms with van der Waals surface area (Å²) in [6.07, 6.45) is 3.50. The number of hydrogen-bond acceptors (Lipinski definition) is 5. The minimum atomic E-state index is -0.0673. The lowest BCUT2D eigenvalue weighted by Crippen LogP contribution is -2.50. The summed E-state index contributed by atoms with van der Waals surface area (Å²) in [5.74, 6) is 1.77. The van der Waals surface area contributed by atoms with Crippen molar-refractivity contribution in [2.24, 2.45) is 0 Å². The second kappa shape index (κ2) is 8.18. The van der Waals surface area contributed by atoms with E-state index >= 15 is 0 Å². The molecule has 1 aliphatic heterocycles. The van der Waals surface area contributed by atoms with Crippen molar-refractivity contribution in [2.45, 2.75) is 25.2 Å². The first-order chi connectivity index (χ1) is 14.8. The van der Waals surface area contributed by atoms with E-state index in [2.05, 4.69) is 32.5 Å². The number of rotatable bonds is 4. The van der Waals surface area contributed by atoms with Gasteiger partial charge in [0.05, 0.1) is 0 Å². The van der Waals surface area contributed by atoms with Gasteiger partial charge in [-0.05, 0) is 49.2 Å². The molecule has 2 heterocycles. The summed E-state index contributed by atoms with van der Waals surface area (Å²) in [5.41, 5.74) is 2.85. The Morgan fingerprint density at radius 1 is 0.967 bits per heavy atom. The Hall–Kier alpha value is -3.35. The van der Waals surface area contributed by atoms with Gasteiger partial charge in [-0.3, -0.25) is 0 Å². The number of anilines is 2. The summed E-state index contributed by atoms with van der Waals surface area (Å²) >= 11 is 0.